The molecule has 4 nitrogen and oxygen atoms in total. The fraction of sp³-hybridized carbons (Fsp3) is 0.385. The molecule has 0 heterocycles. The summed E-state index contributed by atoms with van der Waals surface area (Å²) in [5, 5.41) is 8.88. The summed E-state index contributed by atoms with van der Waals surface area (Å²) in [6.45, 7) is 3.23. The van der Waals surface area contributed by atoms with Crippen LogP contribution in [0.1, 0.15) is 47.4 Å². The maximum absolute atomic E-state index is 13.9. The molecule has 20 heavy (non-hydrogen) atoms. The average Bonchev–Trinajstić information content (AvgIpc) is 2.39. The van der Waals surface area contributed by atoms with Crippen LogP contribution < -0.4 is 5.73 Å². The minimum atomic E-state index is -1.92. The second-order valence-electron chi connectivity index (χ2n) is 4.46. The van der Waals surface area contributed by atoms with Crippen LogP contribution in [0.5, 0.6) is 0 Å². The van der Waals surface area contributed by atoms with Crippen molar-refractivity contribution < 1.29 is 27.9 Å². The quantitative estimate of drug-likeness (QED) is 0.496. The van der Waals surface area contributed by atoms with E-state index in [1.807, 2.05) is 0 Å². The number of ketones is 1. The molecule has 0 radical (unpaired) electrons. The summed E-state index contributed by atoms with van der Waals surface area (Å²) in [5.74, 6) is -8.73. The maximum Gasteiger partial charge on any atom is 0.339 e. The molecular formula is C13H14F3NO3. The van der Waals surface area contributed by atoms with Gasteiger partial charge >= 0.3 is 5.97 Å². The second-order valence-corrected chi connectivity index (χ2v) is 4.46. The molecule has 0 amide bonds. The molecule has 0 saturated carbocycles. The number of carbonyl (C=O) groups is 2. The van der Waals surface area contributed by atoms with Crippen LogP contribution in [-0.4, -0.2) is 16.9 Å². The zero-order valence-electron chi connectivity index (χ0n) is 11.0. The van der Waals surface area contributed by atoms with Crippen LogP contribution in [0, 0.1) is 23.4 Å². The van der Waals surface area contributed by atoms with E-state index in [0.717, 1.165) is 0 Å². The van der Waals surface area contributed by atoms with Crippen molar-refractivity contribution in [2.75, 3.05) is 5.73 Å². The summed E-state index contributed by atoms with van der Waals surface area (Å²) in [5.41, 5.74) is 1.51. The first-order valence-electron chi connectivity index (χ1n) is 5.97. The van der Waals surface area contributed by atoms with Gasteiger partial charge in [-0.1, -0.05) is 20.3 Å². The van der Waals surface area contributed by atoms with Crippen LogP contribution >= 0.6 is 0 Å². The summed E-state index contributed by atoms with van der Waals surface area (Å²) in [6, 6.07) is 0. The summed E-state index contributed by atoms with van der Waals surface area (Å²) in [6.07, 6.45) is 0.951. The Morgan fingerprint density at radius 2 is 1.70 bits per heavy atom. The number of nitrogen functional groups attached to an aromatic ring is 1. The van der Waals surface area contributed by atoms with Gasteiger partial charge in [0.15, 0.2) is 23.2 Å². The average molecular weight is 289 g/mol. The molecule has 0 fully saturated rings. The van der Waals surface area contributed by atoms with E-state index in [2.05, 4.69) is 0 Å². The summed E-state index contributed by atoms with van der Waals surface area (Å²) < 4.78 is 40.8. The Labute approximate surface area is 113 Å². The number of carbonyl (C=O) groups excluding carboxylic acids is 1. The number of carboxylic acids is 1. The number of carboxylic acid groups (broad SMARTS) is 1. The highest BCUT2D eigenvalue weighted by molar-refractivity contribution is 6.07. The van der Waals surface area contributed by atoms with Crippen LogP contribution in [-0.2, 0) is 0 Å². The summed E-state index contributed by atoms with van der Waals surface area (Å²) in [7, 11) is 0. The van der Waals surface area contributed by atoms with Gasteiger partial charge in [-0.25, -0.2) is 18.0 Å². The lowest BCUT2D eigenvalue weighted by Gasteiger charge is -2.14. The van der Waals surface area contributed by atoms with Gasteiger partial charge in [0.1, 0.15) is 11.3 Å². The van der Waals surface area contributed by atoms with Crippen LogP contribution in [0.4, 0.5) is 18.9 Å². The molecule has 1 aromatic carbocycles. The zero-order valence-corrected chi connectivity index (χ0v) is 11.0. The molecule has 0 spiro atoms. The zero-order chi connectivity index (χ0) is 15.6. The first-order valence-corrected chi connectivity index (χ1v) is 5.97. The number of aromatic carboxylic acids is 1. The van der Waals surface area contributed by atoms with Crippen LogP contribution in [0.15, 0.2) is 0 Å². The van der Waals surface area contributed by atoms with Crippen molar-refractivity contribution in [1.82, 2.24) is 0 Å². The monoisotopic (exact) mass is 289 g/mol. The van der Waals surface area contributed by atoms with Crippen LogP contribution in [0.25, 0.3) is 0 Å². The molecule has 1 unspecified atom stereocenters. The lowest BCUT2D eigenvalue weighted by molar-refractivity contribution is 0.0682. The number of halogens is 3. The maximum atomic E-state index is 13.9. The summed E-state index contributed by atoms with van der Waals surface area (Å²) in [4.78, 5) is 23.0. The first kappa shape index (κ1) is 16.0. The van der Waals surface area contributed by atoms with Gasteiger partial charge in [0.05, 0.1) is 5.56 Å². The Morgan fingerprint density at radius 1 is 1.15 bits per heavy atom. The minimum Gasteiger partial charge on any atom is -0.478 e. The van der Waals surface area contributed by atoms with Crippen LogP contribution in [0.3, 0.4) is 0 Å². The third kappa shape index (κ3) is 2.61. The molecule has 1 aromatic rings. The van der Waals surface area contributed by atoms with E-state index < -0.39 is 51.9 Å². The standard InChI is InChI=1S/C13H14F3NO3/c1-3-4-5(2)12(18)6-7(13(19)20)8(14)10(16)11(17)9(6)15/h5H,3-4,17H2,1-2H3,(H,19,20). The predicted octanol–water partition coefficient (Wildman–Crippen LogP) is 3.00. The van der Waals surface area contributed by atoms with E-state index in [-0.39, 0.29) is 0 Å². The molecule has 0 aliphatic carbocycles. The van der Waals surface area contributed by atoms with E-state index in [1.165, 1.54) is 6.92 Å². The molecule has 0 bridgehead atoms. The van der Waals surface area contributed by atoms with E-state index >= 15 is 0 Å². The SMILES string of the molecule is CCCC(C)C(=O)c1c(F)c(N)c(F)c(F)c1C(=O)O. The molecule has 7 heteroatoms. The minimum absolute atomic E-state index is 0.357. The van der Waals surface area contributed by atoms with E-state index in [9.17, 15) is 22.8 Å². The third-order valence-corrected chi connectivity index (χ3v) is 2.98. The number of anilines is 1. The van der Waals surface area contributed by atoms with Gasteiger partial charge in [-0.3, -0.25) is 4.79 Å². The van der Waals surface area contributed by atoms with E-state index in [4.69, 9.17) is 10.8 Å². The number of nitrogens with two attached hydrogens (primary N) is 1. The summed E-state index contributed by atoms with van der Waals surface area (Å²) >= 11 is 0. The highest BCUT2D eigenvalue weighted by Crippen LogP contribution is 2.29. The fourth-order valence-corrected chi connectivity index (χ4v) is 1.92. The third-order valence-electron chi connectivity index (χ3n) is 2.98. The van der Waals surface area contributed by atoms with Crippen molar-refractivity contribution in [3.05, 3.63) is 28.6 Å². The van der Waals surface area contributed by atoms with Crippen molar-refractivity contribution in [3.63, 3.8) is 0 Å². The number of hydrogen-bond donors (Lipinski definition) is 2. The number of rotatable bonds is 5. The predicted molar refractivity (Wildman–Crippen MR) is 66.1 cm³/mol. The van der Waals surface area contributed by atoms with Gasteiger partial charge in [-0.05, 0) is 6.42 Å². The Morgan fingerprint density at radius 3 is 2.15 bits per heavy atom. The topological polar surface area (TPSA) is 80.4 Å². The number of Topliss-reactive ketones (excluding diaryl/α,β-unsaturated/α-hetero) is 1. The van der Waals surface area contributed by atoms with E-state index in [0.29, 0.717) is 12.8 Å². The first-order chi connectivity index (χ1) is 9.23. The lowest BCUT2D eigenvalue weighted by atomic mass is 9.91. The second kappa shape index (κ2) is 5.94. The van der Waals surface area contributed by atoms with E-state index in [1.54, 1.807) is 6.92 Å². The fourth-order valence-electron chi connectivity index (χ4n) is 1.92. The Kier molecular flexibility index (Phi) is 4.75. The number of hydrogen-bond acceptors (Lipinski definition) is 3. The Balaban J connectivity index is 3.60. The molecular weight excluding hydrogens is 275 g/mol. The van der Waals surface area contributed by atoms with Gasteiger partial charge in [-0.15, -0.1) is 0 Å². The van der Waals surface area contributed by atoms with Gasteiger partial charge in [0.2, 0.25) is 0 Å². The van der Waals surface area contributed by atoms with Gasteiger partial charge in [0, 0.05) is 5.92 Å². The van der Waals surface area contributed by atoms with Gasteiger partial charge in [-0.2, -0.15) is 0 Å². The van der Waals surface area contributed by atoms with Crippen molar-refractivity contribution >= 4 is 17.4 Å². The van der Waals surface area contributed by atoms with Crippen molar-refractivity contribution in [3.8, 4) is 0 Å². The highest BCUT2D eigenvalue weighted by atomic mass is 19.2. The van der Waals surface area contributed by atoms with Crippen LogP contribution in [0.2, 0.25) is 0 Å². The molecule has 0 aliphatic heterocycles. The Hall–Kier alpha value is -2.05. The molecule has 0 saturated heterocycles. The normalized spacial score (nSPS) is 12.2. The van der Waals surface area contributed by atoms with Crippen molar-refractivity contribution in [2.24, 2.45) is 5.92 Å². The number of benzene rings is 1. The van der Waals surface area contributed by atoms with Gasteiger partial charge < -0.3 is 10.8 Å². The Bertz CT molecular complexity index is 573. The molecule has 110 valence electrons. The molecule has 1 rings (SSSR count). The molecule has 3 N–H and O–H groups in total. The molecule has 0 aromatic heterocycles. The molecule has 1 atom stereocenters. The highest BCUT2D eigenvalue weighted by Gasteiger charge is 2.32. The van der Waals surface area contributed by atoms with Gasteiger partial charge in [0.25, 0.3) is 0 Å². The largest absolute Gasteiger partial charge is 0.478 e. The molecule has 0 aliphatic rings. The van der Waals surface area contributed by atoms with Crippen molar-refractivity contribution in [1.29, 1.82) is 0 Å². The van der Waals surface area contributed by atoms with Crippen molar-refractivity contribution in [2.45, 2.75) is 26.7 Å². The lowest BCUT2D eigenvalue weighted by Crippen LogP contribution is -2.21. The smallest absolute Gasteiger partial charge is 0.339 e.